The zero-order chi connectivity index (χ0) is 14.5. The van der Waals surface area contributed by atoms with Crippen LogP contribution in [0.1, 0.15) is 24.2 Å². The number of aromatic amines is 1. The maximum absolute atomic E-state index is 11.8. The van der Waals surface area contributed by atoms with E-state index >= 15 is 0 Å². The normalized spacial score (nSPS) is 10.3. The first-order valence-electron chi connectivity index (χ1n) is 6.04. The van der Waals surface area contributed by atoms with Gasteiger partial charge in [0.2, 0.25) is 4.77 Å². The Bertz CT molecular complexity index is 669. The zero-order valence-corrected chi connectivity index (χ0v) is 11.9. The molecule has 0 radical (unpaired) electrons. The first-order valence-corrected chi connectivity index (χ1v) is 6.45. The molecule has 0 fully saturated rings. The van der Waals surface area contributed by atoms with Crippen LogP contribution in [0.15, 0.2) is 30.5 Å². The molecule has 0 spiro atoms. The Morgan fingerprint density at radius 2 is 2.25 bits per heavy atom. The lowest BCUT2D eigenvalue weighted by Crippen LogP contribution is -2.11. The molecule has 2 N–H and O–H groups in total. The molecule has 20 heavy (non-hydrogen) atoms. The molecule has 1 heterocycles. The van der Waals surface area contributed by atoms with Gasteiger partial charge in [0.1, 0.15) is 0 Å². The summed E-state index contributed by atoms with van der Waals surface area (Å²) in [6, 6.07) is 6.95. The summed E-state index contributed by atoms with van der Waals surface area (Å²) in [6.45, 7) is 3.61. The quantitative estimate of drug-likeness (QED) is 0.666. The Labute approximate surface area is 121 Å². The van der Waals surface area contributed by atoms with Crippen LogP contribution >= 0.6 is 12.2 Å². The second kappa shape index (κ2) is 6.25. The fourth-order valence-electron chi connectivity index (χ4n) is 1.53. The number of nitrogens with one attached hydrogen (secondary N) is 2. The van der Waals surface area contributed by atoms with Gasteiger partial charge in [-0.05, 0) is 44.3 Å². The lowest BCUT2D eigenvalue weighted by atomic mass is 10.2. The van der Waals surface area contributed by atoms with Crippen molar-refractivity contribution in [3.63, 3.8) is 0 Å². The van der Waals surface area contributed by atoms with Crippen molar-refractivity contribution in [3.05, 3.63) is 40.8 Å². The number of benzene rings is 1. The Balaban J connectivity index is 2.18. The van der Waals surface area contributed by atoms with Crippen molar-refractivity contribution >= 4 is 29.7 Å². The summed E-state index contributed by atoms with van der Waals surface area (Å²) in [7, 11) is 0. The van der Waals surface area contributed by atoms with E-state index in [9.17, 15) is 4.79 Å². The highest BCUT2D eigenvalue weighted by atomic mass is 32.1. The molecule has 2 aromatic rings. The van der Waals surface area contributed by atoms with Crippen molar-refractivity contribution in [3.8, 4) is 0 Å². The van der Waals surface area contributed by atoms with E-state index in [1.807, 2.05) is 6.07 Å². The van der Waals surface area contributed by atoms with Gasteiger partial charge in [-0.25, -0.2) is 4.79 Å². The van der Waals surface area contributed by atoms with Crippen LogP contribution in [0.2, 0.25) is 0 Å². The van der Waals surface area contributed by atoms with Crippen LogP contribution in [0, 0.1) is 4.77 Å². The minimum Gasteiger partial charge on any atom is -0.459 e. The molecular weight excluding hydrogens is 276 g/mol. The van der Waals surface area contributed by atoms with Crippen LogP contribution in [0.5, 0.6) is 0 Å². The van der Waals surface area contributed by atoms with Crippen LogP contribution in [-0.2, 0) is 4.74 Å². The molecule has 0 aliphatic heterocycles. The van der Waals surface area contributed by atoms with Crippen LogP contribution < -0.4 is 5.32 Å². The molecule has 0 saturated heterocycles. The van der Waals surface area contributed by atoms with E-state index < -0.39 is 0 Å². The highest BCUT2D eigenvalue weighted by molar-refractivity contribution is 7.71. The number of anilines is 2. The number of rotatable bonds is 4. The zero-order valence-electron chi connectivity index (χ0n) is 11.1. The summed E-state index contributed by atoms with van der Waals surface area (Å²) in [4.78, 5) is 15.9. The second-order valence-electron chi connectivity index (χ2n) is 4.33. The van der Waals surface area contributed by atoms with Gasteiger partial charge in [-0.1, -0.05) is 6.07 Å². The van der Waals surface area contributed by atoms with Crippen LogP contribution in [-0.4, -0.2) is 27.3 Å². The van der Waals surface area contributed by atoms with Gasteiger partial charge < -0.3 is 10.1 Å². The van der Waals surface area contributed by atoms with Gasteiger partial charge in [-0.3, -0.25) is 5.10 Å². The minimum absolute atomic E-state index is 0.155. The number of nitrogens with zero attached hydrogens (tertiary/aromatic N) is 2. The number of carbonyl (C=O) groups excluding carboxylic acids is 1. The second-order valence-corrected chi connectivity index (χ2v) is 4.72. The summed E-state index contributed by atoms with van der Waals surface area (Å²) >= 11 is 4.89. The molecule has 1 aromatic carbocycles. The average molecular weight is 290 g/mol. The fourth-order valence-corrected chi connectivity index (χ4v) is 1.68. The Morgan fingerprint density at radius 1 is 1.45 bits per heavy atom. The molecular formula is C13H14N4O2S. The first kappa shape index (κ1) is 14.1. The highest BCUT2D eigenvalue weighted by Crippen LogP contribution is 2.16. The third-order valence-corrected chi connectivity index (χ3v) is 2.47. The SMILES string of the molecule is CC(C)OC(=O)c1cccc(Nc2cn[nH]c(=S)n2)c1. The maximum atomic E-state index is 11.8. The third-order valence-electron chi connectivity index (χ3n) is 2.28. The van der Waals surface area contributed by atoms with Crippen LogP contribution in [0.4, 0.5) is 11.5 Å². The predicted molar refractivity (Wildman–Crippen MR) is 77.5 cm³/mol. The molecule has 7 heteroatoms. The smallest absolute Gasteiger partial charge is 0.338 e. The fraction of sp³-hybridized carbons (Fsp3) is 0.231. The average Bonchev–Trinajstić information content (AvgIpc) is 2.38. The lowest BCUT2D eigenvalue weighted by molar-refractivity contribution is 0.0378. The van der Waals surface area contributed by atoms with E-state index in [2.05, 4.69) is 20.5 Å². The summed E-state index contributed by atoms with van der Waals surface area (Å²) in [5, 5.41) is 9.40. The molecule has 6 nitrogen and oxygen atoms in total. The third kappa shape index (κ3) is 3.86. The van der Waals surface area contributed by atoms with Gasteiger partial charge >= 0.3 is 5.97 Å². The minimum atomic E-state index is -0.361. The number of carbonyl (C=O) groups is 1. The molecule has 0 amide bonds. The van der Waals surface area contributed by atoms with E-state index in [1.54, 1.807) is 32.0 Å². The predicted octanol–water partition coefficient (Wildman–Crippen LogP) is 2.84. The molecule has 0 aliphatic carbocycles. The molecule has 0 bridgehead atoms. The van der Waals surface area contributed by atoms with E-state index in [4.69, 9.17) is 17.0 Å². The van der Waals surface area contributed by atoms with Crippen LogP contribution in [0.3, 0.4) is 0 Å². The number of ether oxygens (including phenoxy) is 1. The molecule has 0 unspecified atom stereocenters. The standard InChI is InChI=1S/C13H14N4O2S/c1-8(2)19-12(18)9-4-3-5-10(6-9)15-11-7-14-17-13(20)16-11/h3-8H,1-2H3,(H2,15,16,17,20). The first-order chi connectivity index (χ1) is 9.54. The van der Waals surface area contributed by atoms with Gasteiger partial charge in [0, 0.05) is 5.69 Å². The van der Waals surface area contributed by atoms with Crippen molar-refractivity contribution in [1.29, 1.82) is 0 Å². The topological polar surface area (TPSA) is 79.9 Å². The summed E-state index contributed by atoms with van der Waals surface area (Å²) in [5.74, 6) is 0.142. The molecule has 2 rings (SSSR count). The van der Waals surface area contributed by atoms with E-state index in [-0.39, 0.29) is 16.8 Å². The van der Waals surface area contributed by atoms with Gasteiger partial charge in [-0.15, -0.1) is 0 Å². The summed E-state index contributed by atoms with van der Waals surface area (Å²) in [6.07, 6.45) is 1.35. The Kier molecular flexibility index (Phi) is 4.41. The van der Waals surface area contributed by atoms with Gasteiger partial charge in [0.25, 0.3) is 0 Å². The number of esters is 1. The molecule has 0 saturated carbocycles. The molecule has 1 aromatic heterocycles. The molecule has 104 valence electrons. The van der Waals surface area contributed by atoms with Crippen LogP contribution in [0.25, 0.3) is 0 Å². The van der Waals surface area contributed by atoms with Gasteiger partial charge in [-0.2, -0.15) is 10.1 Å². The Morgan fingerprint density at radius 3 is 2.95 bits per heavy atom. The van der Waals surface area contributed by atoms with E-state index in [0.29, 0.717) is 17.1 Å². The van der Waals surface area contributed by atoms with Crippen molar-refractivity contribution in [1.82, 2.24) is 15.2 Å². The Hall–Kier alpha value is -2.28. The van der Waals surface area contributed by atoms with Crippen molar-refractivity contribution < 1.29 is 9.53 Å². The van der Waals surface area contributed by atoms with Gasteiger partial charge in [0.05, 0.1) is 17.9 Å². The van der Waals surface area contributed by atoms with Crippen molar-refractivity contribution in [2.75, 3.05) is 5.32 Å². The summed E-state index contributed by atoms with van der Waals surface area (Å²) < 4.78 is 5.43. The monoisotopic (exact) mass is 290 g/mol. The number of H-pyrrole nitrogens is 1. The van der Waals surface area contributed by atoms with Crippen molar-refractivity contribution in [2.45, 2.75) is 20.0 Å². The largest absolute Gasteiger partial charge is 0.459 e. The maximum Gasteiger partial charge on any atom is 0.338 e. The number of hydrogen-bond donors (Lipinski definition) is 2. The van der Waals surface area contributed by atoms with E-state index in [1.165, 1.54) is 6.20 Å². The number of hydrogen-bond acceptors (Lipinski definition) is 6. The molecule has 0 aliphatic rings. The summed E-state index contributed by atoms with van der Waals surface area (Å²) in [5.41, 5.74) is 1.18. The van der Waals surface area contributed by atoms with Gasteiger partial charge in [0.15, 0.2) is 5.82 Å². The lowest BCUT2D eigenvalue weighted by Gasteiger charge is -2.09. The van der Waals surface area contributed by atoms with Crippen molar-refractivity contribution in [2.24, 2.45) is 0 Å². The molecule has 0 atom stereocenters. The van der Waals surface area contributed by atoms with E-state index in [0.717, 1.165) is 0 Å². The number of aromatic nitrogens is 3. The highest BCUT2D eigenvalue weighted by Gasteiger charge is 2.09.